The molecule has 0 bridgehead atoms. The molecule has 2 rings (SSSR count). The Balaban J connectivity index is 1.67. The first kappa shape index (κ1) is 16.6. The fraction of sp³-hybridized carbons (Fsp3) is 0.938. The number of nitrogens with one attached hydrogen (secondary N) is 2. The van der Waals surface area contributed by atoms with Crippen LogP contribution in [0.4, 0.5) is 4.79 Å². The van der Waals surface area contributed by atoms with Crippen molar-refractivity contribution in [1.82, 2.24) is 15.5 Å². The van der Waals surface area contributed by atoms with Crippen LogP contribution < -0.4 is 10.6 Å². The Bertz CT molecular complexity index is 338. The average molecular weight is 297 g/mol. The van der Waals surface area contributed by atoms with Crippen LogP contribution in [-0.2, 0) is 0 Å². The van der Waals surface area contributed by atoms with Crippen molar-refractivity contribution in [2.75, 3.05) is 13.1 Å². The number of rotatable bonds is 2. The standard InChI is InChI=1S/C16H31N3O2/c1-16(2,3)19-10-8-13(9-11-19)18-15(21)17-12-4-6-14(20)7-5-12/h12-14,20H,4-11H2,1-3H3,(H2,17,18,21). The number of amides is 2. The van der Waals surface area contributed by atoms with Gasteiger partial charge >= 0.3 is 6.03 Å². The molecule has 1 saturated carbocycles. The van der Waals surface area contributed by atoms with E-state index in [1.54, 1.807) is 0 Å². The molecule has 1 aliphatic carbocycles. The number of carbonyl (C=O) groups excluding carboxylic acids is 1. The van der Waals surface area contributed by atoms with Crippen molar-refractivity contribution in [1.29, 1.82) is 0 Å². The molecule has 0 atom stereocenters. The van der Waals surface area contributed by atoms with E-state index in [0.717, 1.165) is 51.6 Å². The number of carbonyl (C=O) groups is 1. The normalized spacial score (nSPS) is 29.1. The Hall–Kier alpha value is -0.810. The molecule has 1 saturated heterocycles. The second-order valence-corrected chi connectivity index (χ2v) is 7.56. The number of hydrogen-bond donors (Lipinski definition) is 3. The molecule has 122 valence electrons. The van der Waals surface area contributed by atoms with Crippen LogP contribution in [0.2, 0.25) is 0 Å². The lowest BCUT2D eigenvalue weighted by atomic mass is 9.93. The second kappa shape index (κ2) is 6.97. The highest BCUT2D eigenvalue weighted by molar-refractivity contribution is 5.74. The van der Waals surface area contributed by atoms with Crippen molar-refractivity contribution in [3.63, 3.8) is 0 Å². The molecule has 21 heavy (non-hydrogen) atoms. The molecule has 0 aromatic heterocycles. The molecule has 2 aliphatic rings. The summed E-state index contributed by atoms with van der Waals surface area (Å²) in [7, 11) is 0. The van der Waals surface area contributed by atoms with Gasteiger partial charge in [-0.05, 0) is 59.3 Å². The first-order valence-corrected chi connectivity index (χ1v) is 8.35. The first-order valence-electron chi connectivity index (χ1n) is 8.35. The molecule has 0 spiro atoms. The quantitative estimate of drug-likeness (QED) is 0.729. The molecule has 5 heteroatoms. The molecule has 0 radical (unpaired) electrons. The molecule has 0 aromatic carbocycles. The molecule has 3 N–H and O–H groups in total. The van der Waals surface area contributed by atoms with Crippen molar-refractivity contribution in [3.8, 4) is 0 Å². The summed E-state index contributed by atoms with van der Waals surface area (Å²) in [6, 6.07) is 0.478. The van der Waals surface area contributed by atoms with Crippen molar-refractivity contribution in [2.45, 2.75) is 83.0 Å². The van der Waals surface area contributed by atoms with E-state index in [-0.39, 0.29) is 29.8 Å². The van der Waals surface area contributed by atoms with E-state index in [4.69, 9.17) is 0 Å². The van der Waals surface area contributed by atoms with Crippen LogP contribution in [0.3, 0.4) is 0 Å². The van der Waals surface area contributed by atoms with E-state index in [2.05, 4.69) is 36.3 Å². The minimum absolute atomic E-state index is 0.0365. The number of hydrogen-bond acceptors (Lipinski definition) is 3. The van der Waals surface area contributed by atoms with E-state index < -0.39 is 0 Å². The fourth-order valence-electron chi connectivity index (χ4n) is 3.33. The molecule has 2 fully saturated rings. The van der Waals surface area contributed by atoms with Crippen molar-refractivity contribution in [3.05, 3.63) is 0 Å². The zero-order valence-electron chi connectivity index (χ0n) is 13.7. The molecule has 1 heterocycles. The lowest BCUT2D eigenvalue weighted by molar-refractivity contribution is 0.0967. The zero-order valence-corrected chi connectivity index (χ0v) is 13.7. The maximum absolute atomic E-state index is 12.0. The van der Waals surface area contributed by atoms with Gasteiger partial charge in [0, 0.05) is 30.7 Å². The van der Waals surface area contributed by atoms with Crippen LogP contribution in [-0.4, -0.2) is 52.9 Å². The average Bonchev–Trinajstić information content (AvgIpc) is 2.41. The summed E-state index contributed by atoms with van der Waals surface area (Å²) in [5, 5.41) is 15.6. The van der Waals surface area contributed by atoms with E-state index >= 15 is 0 Å². The third kappa shape index (κ3) is 5.15. The van der Waals surface area contributed by atoms with Gasteiger partial charge in [-0.1, -0.05) is 0 Å². The Kier molecular flexibility index (Phi) is 5.49. The largest absolute Gasteiger partial charge is 0.393 e. The zero-order chi connectivity index (χ0) is 15.5. The van der Waals surface area contributed by atoms with Crippen LogP contribution in [0, 0.1) is 0 Å². The maximum Gasteiger partial charge on any atom is 0.315 e. The second-order valence-electron chi connectivity index (χ2n) is 7.56. The van der Waals surface area contributed by atoms with Crippen LogP contribution >= 0.6 is 0 Å². The number of aliphatic hydroxyl groups is 1. The van der Waals surface area contributed by atoms with Gasteiger partial charge in [-0.2, -0.15) is 0 Å². The SMILES string of the molecule is CC(C)(C)N1CCC(NC(=O)NC2CCC(O)CC2)CC1. The van der Waals surface area contributed by atoms with Gasteiger partial charge in [0.15, 0.2) is 0 Å². The smallest absolute Gasteiger partial charge is 0.315 e. The summed E-state index contributed by atoms with van der Waals surface area (Å²) in [5.74, 6) is 0. The van der Waals surface area contributed by atoms with Crippen LogP contribution in [0.5, 0.6) is 0 Å². The van der Waals surface area contributed by atoms with Gasteiger partial charge in [-0.25, -0.2) is 4.79 Å². The molecule has 0 unspecified atom stereocenters. The predicted molar refractivity (Wildman–Crippen MR) is 84.3 cm³/mol. The van der Waals surface area contributed by atoms with Gasteiger partial charge < -0.3 is 15.7 Å². The number of urea groups is 1. The highest BCUT2D eigenvalue weighted by Crippen LogP contribution is 2.20. The molecule has 1 aliphatic heterocycles. The van der Waals surface area contributed by atoms with Crippen molar-refractivity contribution >= 4 is 6.03 Å². The Morgan fingerprint density at radius 3 is 1.90 bits per heavy atom. The summed E-state index contributed by atoms with van der Waals surface area (Å²) >= 11 is 0. The van der Waals surface area contributed by atoms with Crippen LogP contribution in [0.15, 0.2) is 0 Å². The summed E-state index contributed by atoms with van der Waals surface area (Å²) in [5.41, 5.74) is 0.218. The maximum atomic E-state index is 12.0. The molecule has 5 nitrogen and oxygen atoms in total. The van der Waals surface area contributed by atoms with Crippen molar-refractivity contribution < 1.29 is 9.90 Å². The topological polar surface area (TPSA) is 64.6 Å². The van der Waals surface area contributed by atoms with E-state index in [9.17, 15) is 9.90 Å². The molecular formula is C16H31N3O2. The van der Waals surface area contributed by atoms with Gasteiger partial charge in [0.05, 0.1) is 6.10 Å². The third-order valence-electron chi connectivity index (χ3n) is 4.81. The van der Waals surface area contributed by atoms with E-state index in [1.807, 2.05) is 0 Å². The first-order chi connectivity index (χ1) is 9.84. The summed E-state index contributed by atoms with van der Waals surface area (Å²) in [6.07, 6.45) is 5.24. The van der Waals surface area contributed by atoms with Crippen LogP contribution in [0.1, 0.15) is 59.3 Å². The minimum Gasteiger partial charge on any atom is -0.393 e. The number of piperidine rings is 1. The lowest BCUT2D eigenvalue weighted by Gasteiger charge is -2.41. The van der Waals surface area contributed by atoms with Gasteiger partial charge in [0.2, 0.25) is 0 Å². The van der Waals surface area contributed by atoms with Gasteiger partial charge in [-0.3, -0.25) is 4.90 Å². The Morgan fingerprint density at radius 2 is 1.43 bits per heavy atom. The monoisotopic (exact) mass is 297 g/mol. The van der Waals surface area contributed by atoms with Gasteiger partial charge in [-0.15, -0.1) is 0 Å². The Morgan fingerprint density at radius 1 is 0.952 bits per heavy atom. The molecular weight excluding hydrogens is 266 g/mol. The van der Waals surface area contributed by atoms with Crippen LogP contribution in [0.25, 0.3) is 0 Å². The number of aliphatic hydroxyl groups excluding tert-OH is 1. The highest BCUT2D eigenvalue weighted by Gasteiger charge is 2.28. The van der Waals surface area contributed by atoms with Gasteiger partial charge in [0.25, 0.3) is 0 Å². The van der Waals surface area contributed by atoms with Crippen molar-refractivity contribution in [2.24, 2.45) is 0 Å². The Labute approximate surface area is 128 Å². The highest BCUT2D eigenvalue weighted by atomic mass is 16.3. The summed E-state index contributed by atoms with van der Waals surface area (Å²) in [4.78, 5) is 14.5. The third-order valence-corrected chi connectivity index (χ3v) is 4.81. The lowest BCUT2D eigenvalue weighted by Crippen LogP contribution is -2.53. The summed E-state index contributed by atoms with van der Waals surface area (Å²) in [6.45, 7) is 8.81. The van der Waals surface area contributed by atoms with E-state index in [1.165, 1.54) is 0 Å². The molecule has 0 aromatic rings. The predicted octanol–water partition coefficient (Wildman–Crippen LogP) is 1.85. The summed E-state index contributed by atoms with van der Waals surface area (Å²) < 4.78 is 0. The molecule has 2 amide bonds. The number of nitrogens with zero attached hydrogens (tertiary/aromatic N) is 1. The number of likely N-dealkylation sites (tertiary alicyclic amines) is 1. The fourth-order valence-corrected chi connectivity index (χ4v) is 3.33. The van der Waals surface area contributed by atoms with E-state index in [0.29, 0.717) is 0 Å². The van der Waals surface area contributed by atoms with Gasteiger partial charge in [0.1, 0.15) is 0 Å². The minimum atomic E-state index is -0.173.